The molecular weight excluding hydrogens is 350 g/mol. The van der Waals surface area contributed by atoms with Crippen molar-refractivity contribution in [2.24, 2.45) is 0 Å². The normalized spacial score (nSPS) is 12.8. The van der Waals surface area contributed by atoms with E-state index in [2.05, 4.69) is 16.4 Å². The Balaban J connectivity index is 1.50. The Morgan fingerprint density at radius 3 is 2.64 bits per heavy atom. The van der Waals surface area contributed by atoms with Crippen molar-refractivity contribution in [2.45, 2.75) is 26.4 Å². The number of anilines is 3. The number of nitrogens with one attached hydrogen (secondary N) is 1. The molecule has 1 aliphatic rings. The molecule has 5 nitrogen and oxygen atoms in total. The summed E-state index contributed by atoms with van der Waals surface area (Å²) in [5, 5.41) is 3.27. The lowest BCUT2D eigenvalue weighted by atomic mass is 10.2. The predicted octanol–water partition coefficient (Wildman–Crippen LogP) is 4.82. The average molecular weight is 373 g/mol. The zero-order valence-corrected chi connectivity index (χ0v) is 16.1. The molecule has 4 rings (SSSR count). The number of amides is 1. The second-order valence-corrected chi connectivity index (χ2v) is 7.06. The molecule has 0 saturated carbocycles. The number of para-hydroxylation sites is 3. The lowest BCUT2D eigenvalue weighted by Gasteiger charge is -2.18. The number of pyridine rings is 1. The van der Waals surface area contributed by atoms with E-state index < -0.39 is 0 Å². The number of carbonyl (C=O) groups excluding carboxylic acids is 1. The molecule has 0 fully saturated rings. The maximum absolute atomic E-state index is 12.9. The maximum Gasteiger partial charge on any atom is 0.259 e. The van der Waals surface area contributed by atoms with Crippen molar-refractivity contribution in [1.29, 1.82) is 0 Å². The summed E-state index contributed by atoms with van der Waals surface area (Å²) in [6.07, 6.45) is 2.60. The Morgan fingerprint density at radius 1 is 1.07 bits per heavy atom. The van der Waals surface area contributed by atoms with E-state index in [-0.39, 0.29) is 12.0 Å². The first kappa shape index (κ1) is 18.0. The van der Waals surface area contributed by atoms with Crippen molar-refractivity contribution in [1.82, 2.24) is 4.98 Å². The fourth-order valence-corrected chi connectivity index (χ4v) is 3.36. The molecule has 0 bridgehead atoms. The summed E-state index contributed by atoms with van der Waals surface area (Å²) in [5.74, 6) is 1.42. The Morgan fingerprint density at radius 2 is 1.86 bits per heavy atom. The topological polar surface area (TPSA) is 54.5 Å². The highest BCUT2D eigenvalue weighted by molar-refractivity contribution is 6.07. The van der Waals surface area contributed by atoms with Crippen LogP contribution in [0.5, 0.6) is 5.75 Å². The van der Waals surface area contributed by atoms with Gasteiger partial charge >= 0.3 is 0 Å². The van der Waals surface area contributed by atoms with Gasteiger partial charge in [0, 0.05) is 18.4 Å². The summed E-state index contributed by atoms with van der Waals surface area (Å²) in [6, 6.07) is 19.4. The Labute approximate surface area is 165 Å². The SMILES string of the molecule is CC(C)Oc1ccccc1Nc1ccc(C(=O)N2CCc3ccccc32)cn1. The molecule has 1 aliphatic heterocycles. The molecule has 5 heteroatoms. The zero-order chi connectivity index (χ0) is 19.5. The zero-order valence-electron chi connectivity index (χ0n) is 16.1. The smallest absolute Gasteiger partial charge is 0.259 e. The van der Waals surface area contributed by atoms with Crippen molar-refractivity contribution in [3.8, 4) is 5.75 Å². The van der Waals surface area contributed by atoms with Crippen LogP contribution in [0.2, 0.25) is 0 Å². The summed E-state index contributed by atoms with van der Waals surface area (Å²) >= 11 is 0. The van der Waals surface area contributed by atoms with Crippen molar-refractivity contribution < 1.29 is 9.53 Å². The van der Waals surface area contributed by atoms with Gasteiger partial charge in [0.2, 0.25) is 0 Å². The molecule has 1 N–H and O–H groups in total. The van der Waals surface area contributed by atoms with Gasteiger partial charge in [-0.3, -0.25) is 4.79 Å². The van der Waals surface area contributed by atoms with Crippen LogP contribution in [-0.4, -0.2) is 23.5 Å². The summed E-state index contributed by atoms with van der Waals surface area (Å²) in [5.41, 5.74) is 3.63. The highest BCUT2D eigenvalue weighted by Crippen LogP contribution is 2.30. The van der Waals surface area contributed by atoms with Crippen LogP contribution < -0.4 is 15.0 Å². The summed E-state index contributed by atoms with van der Waals surface area (Å²) in [6.45, 7) is 4.69. The number of benzene rings is 2. The summed E-state index contributed by atoms with van der Waals surface area (Å²) in [7, 11) is 0. The van der Waals surface area contributed by atoms with Crippen LogP contribution in [0.3, 0.4) is 0 Å². The number of nitrogens with zero attached hydrogens (tertiary/aromatic N) is 2. The van der Waals surface area contributed by atoms with Gasteiger partial charge in [-0.2, -0.15) is 0 Å². The molecule has 0 spiro atoms. The van der Waals surface area contributed by atoms with Crippen LogP contribution in [0, 0.1) is 0 Å². The second kappa shape index (κ2) is 7.72. The van der Waals surface area contributed by atoms with Crippen molar-refractivity contribution in [2.75, 3.05) is 16.8 Å². The minimum Gasteiger partial charge on any atom is -0.489 e. The van der Waals surface area contributed by atoms with E-state index in [1.54, 1.807) is 6.20 Å². The number of carbonyl (C=O) groups is 1. The van der Waals surface area contributed by atoms with Crippen LogP contribution in [0.4, 0.5) is 17.2 Å². The third-order valence-electron chi connectivity index (χ3n) is 4.66. The molecule has 0 unspecified atom stereocenters. The van der Waals surface area contributed by atoms with Gasteiger partial charge in [0.25, 0.3) is 5.91 Å². The van der Waals surface area contributed by atoms with Gasteiger partial charge in [0.05, 0.1) is 17.4 Å². The lowest BCUT2D eigenvalue weighted by molar-refractivity contribution is 0.0989. The molecule has 0 atom stereocenters. The van der Waals surface area contributed by atoms with Crippen molar-refractivity contribution in [3.63, 3.8) is 0 Å². The van der Waals surface area contributed by atoms with E-state index >= 15 is 0 Å². The minimum atomic E-state index is -0.0208. The number of fused-ring (bicyclic) bond motifs is 1. The number of ether oxygens (including phenoxy) is 1. The van der Waals surface area contributed by atoms with E-state index in [1.807, 2.05) is 73.3 Å². The number of hydrogen-bond donors (Lipinski definition) is 1. The standard InChI is InChI=1S/C23H23N3O2/c1-16(2)28-21-10-6-4-8-19(21)25-22-12-11-18(15-24-22)23(27)26-14-13-17-7-3-5-9-20(17)26/h3-12,15-16H,13-14H2,1-2H3,(H,24,25). The second-order valence-electron chi connectivity index (χ2n) is 7.06. The van der Waals surface area contributed by atoms with E-state index in [0.29, 0.717) is 17.9 Å². The number of aromatic nitrogens is 1. The molecule has 0 radical (unpaired) electrons. The molecule has 2 aromatic carbocycles. The highest BCUT2D eigenvalue weighted by Gasteiger charge is 2.25. The van der Waals surface area contributed by atoms with Gasteiger partial charge in [0.1, 0.15) is 11.6 Å². The number of rotatable bonds is 5. The van der Waals surface area contributed by atoms with E-state index in [0.717, 1.165) is 23.5 Å². The molecule has 0 saturated heterocycles. The largest absolute Gasteiger partial charge is 0.489 e. The van der Waals surface area contributed by atoms with Crippen molar-refractivity contribution in [3.05, 3.63) is 78.0 Å². The van der Waals surface area contributed by atoms with Crippen LogP contribution in [0.25, 0.3) is 0 Å². The lowest BCUT2D eigenvalue weighted by Crippen LogP contribution is -2.28. The number of hydrogen-bond acceptors (Lipinski definition) is 4. The molecule has 28 heavy (non-hydrogen) atoms. The Kier molecular flexibility index (Phi) is 4.98. The van der Waals surface area contributed by atoms with E-state index in [1.165, 1.54) is 5.56 Å². The van der Waals surface area contributed by atoms with Gasteiger partial charge in [-0.15, -0.1) is 0 Å². The van der Waals surface area contributed by atoms with Gasteiger partial charge in [-0.05, 0) is 56.2 Å². The summed E-state index contributed by atoms with van der Waals surface area (Å²) < 4.78 is 5.83. The van der Waals surface area contributed by atoms with Crippen LogP contribution in [0.1, 0.15) is 29.8 Å². The van der Waals surface area contributed by atoms with Crippen LogP contribution in [0.15, 0.2) is 66.9 Å². The average Bonchev–Trinajstić information content (AvgIpc) is 3.13. The van der Waals surface area contributed by atoms with Gasteiger partial charge in [-0.25, -0.2) is 4.98 Å². The summed E-state index contributed by atoms with van der Waals surface area (Å²) in [4.78, 5) is 19.2. The fourth-order valence-electron chi connectivity index (χ4n) is 3.36. The van der Waals surface area contributed by atoms with Crippen molar-refractivity contribution >= 4 is 23.1 Å². The first-order valence-electron chi connectivity index (χ1n) is 9.50. The van der Waals surface area contributed by atoms with Gasteiger partial charge in [0.15, 0.2) is 0 Å². The third kappa shape index (κ3) is 3.69. The maximum atomic E-state index is 12.9. The minimum absolute atomic E-state index is 0.0208. The van der Waals surface area contributed by atoms with Gasteiger partial charge in [-0.1, -0.05) is 30.3 Å². The van der Waals surface area contributed by atoms with Gasteiger partial charge < -0.3 is 15.0 Å². The molecule has 2 heterocycles. The molecule has 0 aliphatic carbocycles. The highest BCUT2D eigenvalue weighted by atomic mass is 16.5. The quantitative estimate of drug-likeness (QED) is 0.697. The molecule has 142 valence electrons. The van der Waals surface area contributed by atoms with E-state index in [4.69, 9.17) is 4.74 Å². The Hall–Kier alpha value is -3.34. The van der Waals surface area contributed by atoms with Crippen LogP contribution in [-0.2, 0) is 6.42 Å². The monoisotopic (exact) mass is 373 g/mol. The molecule has 1 aromatic heterocycles. The van der Waals surface area contributed by atoms with E-state index in [9.17, 15) is 4.79 Å². The van der Waals surface area contributed by atoms with Crippen LogP contribution >= 0.6 is 0 Å². The molecular formula is C23H23N3O2. The first-order valence-corrected chi connectivity index (χ1v) is 9.50. The predicted molar refractivity (Wildman–Crippen MR) is 112 cm³/mol. The molecule has 3 aromatic rings. The Bertz CT molecular complexity index is 983. The first-order chi connectivity index (χ1) is 13.6. The third-order valence-corrected chi connectivity index (χ3v) is 4.66. The fraction of sp³-hybridized carbons (Fsp3) is 0.217. The molecule has 1 amide bonds.